The summed E-state index contributed by atoms with van der Waals surface area (Å²) in [5.41, 5.74) is 2.66. The molecular weight excluding hydrogens is 204 g/mol. The van der Waals surface area contributed by atoms with Crippen LogP contribution in [0, 0.1) is 5.82 Å². The van der Waals surface area contributed by atoms with Crippen LogP contribution in [-0.2, 0) is 6.54 Å². The lowest BCUT2D eigenvalue weighted by molar-refractivity contribution is 0.580. The van der Waals surface area contributed by atoms with Gasteiger partial charge in [-0.05, 0) is 12.1 Å². The van der Waals surface area contributed by atoms with Gasteiger partial charge < -0.3 is 0 Å². The first kappa shape index (κ1) is 14.1. The van der Waals surface area contributed by atoms with E-state index in [1.54, 1.807) is 0 Å². The second-order valence-corrected chi connectivity index (χ2v) is 1.81. The molecule has 0 bridgehead atoms. The molecule has 0 aliphatic carbocycles. The standard InChI is InChI=1S/C6H8FN3.2ClH/c7-5-2-1-3-9-6(5)4-10-8;;/h1-3,10H,4,8H2;2*1H. The van der Waals surface area contributed by atoms with Gasteiger partial charge in [0.1, 0.15) is 5.82 Å². The van der Waals surface area contributed by atoms with Gasteiger partial charge in [-0.25, -0.2) is 4.39 Å². The maximum Gasteiger partial charge on any atom is 0.146 e. The van der Waals surface area contributed by atoms with E-state index in [4.69, 9.17) is 5.84 Å². The monoisotopic (exact) mass is 213 g/mol. The summed E-state index contributed by atoms with van der Waals surface area (Å²) in [6.45, 7) is 0.257. The molecule has 0 fully saturated rings. The summed E-state index contributed by atoms with van der Waals surface area (Å²) in [6.07, 6.45) is 1.52. The molecule has 0 saturated carbocycles. The maximum absolute atomic E-state index is 12.6. The SMILES string of the molecule is Cl.Cl.NNCc1ncccc1F. The lowest BCUT2D eigenvalue weighted by Gasteiger charge is -1.97. The summed E-state index contributed by atoms with van der Waals surface area (Å²) in [7, 11) is 0. The predicted octanol–water partition coefficient (Wildman–Crippen LogP) is 1.03. The number of hydrogen-bond acceptors (Lipinski definition) is 3. The number of nitrogens with two attached hydrogens (primary N) is 1. The van der Waals surface area contributed by atoms with Crippen LogP contribution < -0.4 is 11.3 Å². The smallest absolute Gasteiger partial charge is 0.146 e. The van der Waals surface area contributed by atoms with Crippen LogP contribution in [-0.4, -0.2) is 4.98 Å². The van der Waals surface area contributed by atoms with E-state index in [0.29, 0.717) is 5.69 Å². The normalized spacial score (nSPS) is 8.17. The summed E-state index contributed by atoms with van der Waals surface area (Å²) >= 11 is 0. The molecule has 0 aromatic carbocycles. The van der Waals surface area contributed by atoms with Crippen molar-refractivity contribution in [3.63, 3.8) is 0 Å². The fourth-order valence-electron chi connectivity index (χ4n) is 0.645. The van der Waals surface area contributed by atoms with E-state index in [1.807, 2.05) is 0 Å². The first-order valence-electron chi connectivity index (χ1n) is 2.87. The molecule has 0 unspecified atom stereocenters. The van der Waals surface area contributed by atoms with Gasteiger partial charge in [0.2, 0.25) is 0 Å². The first-order valence-corrected chi connectivity index (χ1v) is 2.87. The van der Waals surface area contributed by atoms with Crippen molar-refractivity contribution in [3.05, 3.63) is 29.8 Å². The molecule has 0 saturated heterocycles. The Kier molecular flexibility index (Phi) is 8.52. The van der Waals surface area contributed by atoms with Crippen molar-refractivity contribution in [3.8, 4) is 0 Å². The number of hydrazine groups is 1. The van der Waals surface area contributed by atoms with Crippen LogP contribution in [0.15, 0.2) is 18.3 Å². The predicted molar refractivity (Wildman–Crippen MR) is 49.7 cm³/mol. The van der Waals surface area contributed by atoms with Gasteiger partial charge in [0, 0.05) is 6.20 Å². The van der Waals surface area contributed by atoms with Crippen molar-refractivity contribution < 1.29 is 4.39 Å². The average molecular weight is 214 g/mol. The molecule has 1 heterocycles. The lowest BCUT2D eigenvalue weighted by Crippen LogP contribution is -2.22. The highest BCUT2D eigenvalue weighted by Crippen LogP contribution is 2.00. The van der Waals surface area contributed by atoms with E-state index in [9.17, 15) is 4.39 Å². The molecular formula is C6H10Cl2FN3. The molecule has 70 valence electrons. The molecule has 0 radical (unpaired) electrons. The number of pyridine rings is 1. The Morgan fingerprint density at radius 2 is 2.17 bits per heavy atom. The Labute approximate surface area is 82.3 Å². The quantitative estimate of drug-likeness (QED) is 0.571. The summed E-state index contributed by atoms with van der Waals surface area (Å²) in [4.78, 5) is 3.75. The summed E-state index contributed by atoms with van der Waals surface area (Å²) < 4.78 is 12.6. The molecule has 0 aliphatic heterocycles. The Morgan fingerprint density at radius 1 is 1.50 bits per heavy atom. The second kappa shape index (κ2) is 7.24. The zero-order chi connectivity index (χ0) is 7.40. The molecule has 0 amide bonds. The molecule has 1 aromatic heterocycles. The summed E-state index contributed by atoms with van der Waals surface area (Å²) in [5, 5.41) is 0. The molecule has 3 nitrogen and oxygen atoms in total. The van der Waals surface area contributed by atoms with Crippen LogP contribution in [0.3, 0.4) is 0 Å². The van der Waals surface area contributed by atoms with Gasteiger partial charge >= 0.3 is 0 Å². The van der Waals surface area contributed by atoms with Crippen LogP contribution in [0.5, 0.6) is 0 Å². The number of nitrogens with one attached hydrogen (secondary N) is 1. The zero-order valence-corrected chi connectivity index (χ0v) is 7.79. The van der Waals surface area contributed by atoms with Crippen molar-refractivity contribution in [1.29, 1.82) is 0 Å². The van der Waals surface area contributed by atoms with E-state index < -0.39 is 0 Å². The second-order valence-electron chi connectivity index (χ2n) is 1.81. The minimum absolute atomic E-state index is 0. The molecule has 6 heteroatoms. The minimum atomic E-state index is -0.333. The topological polar surface area (TPSA) is 50.9 Å². The molecule has 0 spiro atoms. The first-order chi connectivity index (χ1) is 4.84. The molecule has 1 aromatic rings. The van der Waals surface area contributed by atoms with Crippen LogP contribution in [0.25, 0.3) is 0 Å². The largest absolute Gasteiger partial charge is 0.271 e. The van der Waals surface area contributed by atoms with Crippen molar-refractivity contribution in [2.45, 2.75) is 6.54 Å². The number of hydrogen-bond donors (Lipinski definition) is 2. The van der Waals surface area contributed by atoms with E-state index in [0.717, 1.165) is 0 Å². The fraction of sp³-hybridized carbons (Fsp3) is 0.167. The van der Waals surface area contributed by atoms with Crippen LogP contribution in [0.2, 0.25) is 0 Å². The zero-order valence-electron chi connectivity index (χ0n) is 6.16. The number of rotatable bonds is 2. The van der Waals surface area contributed by atoms with Gasteiger partial charge in [-0.15, -0.1) is 24.8 Å². The molecule has 0 atom stereocenters. The third-order valence-electron chi connectivity index (χ3n) is 1.10. The number of aromatic nitrogens is 1. The van der Waals surface area contributed by atoms with Gasteiger partial charge in [-0.1, -0.05) is 0 Å². The van der Waals surface area contributed by atoms with Gasteiger partial charge in [0.15, 0.2) is 0 Å². The fourth-order valence-corrected chi connectivity index (χ4v) is 0.645. The Morgan fingerprint density at radius 3 is 2.67 bits per heavy atom. The highest BCUT2D eigenvalue weighted by molar-refractivity contribution is 5.85. The van der Waals surface area contributed by atoms with Crippen LogP contribution in [0.1, 0.15) is 5.69 Å². The van der Waals surface area contributed by atoms with E-state index in [1.165, 1.54) is 18.3 Å². The van der Waals surface area contributed by atoms with Gasteiger partial charge in [0.25, 0.3) is 0 Å². The van der Waals surface area contributed by atoms with Gasteiger partial charge in [-0.2, -0.15) is 0 Å². The summed E-state index contributed by atoms with van der Waals surface area (Å²) in [6, 6.07) is 2.88. The minimum Gasteiger partial charge on any atom is -0.271 e. The highest BCUT2D eigenvalue weighted by atomic mass is 35.5. The molecule has 12 heavy (non-hydrogen) atoms. The van der Waals surface area contributed by atoms with Crippen LogP contribution in [0.4, 0.5) is 4.39 Å². The molecule has 0 aliphatic rings. The van der Waals surface area contributed by atoms with E-state index >= 15 is 0 Å². The highest BCUT2D eigenvalue weighted by Gasteiger charge is 1.98. The van der Waals surface area contributed by atoms with E-state index in [2.05, 4.69) is 10.4 Å². The third kappa shape index (κ3) is 3.82. The van der Waals surface area contributed by atoms with Gasteiger partial charge in [-0.3, -0.25) is 16.3 Å². The molecule has 3 N–H and O–H groups in total. The molecule has 1 rings (SSSR count). The van der Waals surface area contributed by atoms with Crippen molar-refractivity contribution >= 4 is 24.8 Å². The van der Waals surface area contributed by atoms with Gasteiger partial charge in [0.05, 0.1) is 12.2 Å². The number of halogens is 3. The van der Waals surface area contributed by atoms with Crippen molar-refractivity contribution in [2.24, 2.45) is 5.84 Å². The van der Waals surface area contributed by atoms with Crippen molar-refractivity contribution in [2.75, 3.05) is 0 Å². The Bertz CT molecular complexity index is 222. The maximum atomic E-state index is 12.6. The summed E-state index contributed by atoms with van der Waals surface area (Å²) in [5.74, 6) is 4.64. The lowest BCUT2D eigenvalue weighted by atomic mass is 10.3. The number of nitrogens with zero attached hydrogens (tertiary/aromatic N) is 1. The average Bonchev–Trinajstić information content (AvgIpc) is 1.94. The van der Waals surface area contributed by atoms with Crippen molar-refractivity contribution in [1.82, 2.24) is 10.4 Å². The third-order valence-corrected chi connectivity index (χ3v) is 1.10. The Balaban J connectivity index is 0. The van der Waals surface area contributed by atoms with E-state index in [-0.39, 0.29) is 37.2 Å². The Hall–Kier alpha value is -0.420. The van der Waals surface area contributed by atoms with Crippen LogP contribution >= 0.6 is 24.8 Å².